The summed E-state index contributed by atoms with van der Waals surface area (Å²) in [6, 6.07) is 16.4. The summed E-state index contributed by atoms with van der Waals surface area (Å²) >= 11 is 0. The van der Waals surface area contributed by atoms with Gasteiger partial charge >= 0.3 is 0 Å². The lowest BCUT2D eigenvalue weighted by Gasteiger charge is -2.31. The summed E-state index contributed by atoms with van der Waals surface area (Å²) in [4.78, 5) is 2.19. The average Bonchev–Trinajstić information content (AvgIpc) is 2.95. The molecular weight excluding hydrogens is 322 g/mol. The summed E-state index contributed by atoms with van der Waals surface area (Å²) in [6.07, 6.45) is 3.50. The molecule has 2 atom stereocenters. The highest BCUT2D eigenvalue weighted by Crippen LogP contribution is 2.42. The van der Waals surface area contributed by atoms with Crippen molar-refractivity contribution < 1.29 is 10.2 Å². The van der Waals surface area contributed by atoms with Crippen LogP contribution in [-0.4, -0.2) is 40.9 Å². The van der Waals surface area contributed by atoms with Crippen LogP contribution in [0.3, 0.4) is 0 Å². The molecule has 3 nitrogen and oxygen atoms in total. The zero-order valence-electron chi connectivity index (χ0n) is 15.9. The van der Waals surface area contributed by atoms with E-state index in [4.69, 9.17) is 0 Å². The Morgan fingerprint density at radius 2 is 1.96 bits per heavy atom. The number of aliphatic hydroxyl groups excluding tert-OH is 1. The van der Waals surface area contributed by atoms with Gasteiger partial charge in [-0.15, -0.1) is 0 Å². The van der Waals surface area contributed by atoms with Crippen molar-refractivity contribution in [3.8, 4) is 0 Å². The second-order valence-electron chi connectivity index (χ2n) is 7.37. The topological polar surface area (TPSA) is 43.7 Å². The van der Waals surface area contributed by atoms with E-state index in [0.29, 0.717) is 6.42 Å². The standard InChI is InChI=1S/C23H29NO2/c1-4-18-11-10-17(2)21(14-18)20(16-25)15-23(26)12-13-24(3)22(23)19-8-6-5-7-9-19/h5-11,14-15,22,25-26H,4,12-13,16H2,1-3H3/b20-15+/t22-,23+/m0/s1. The molecule has 2 N–H and O–H groups in total. The lowest BCUT2D eigenvalue weighted by Crippen LogP contribution is -2.34. The van der Waals surface area contributed by atoms with Gasteiger partial charge in [0.05, 0.1) is 12.6 Å². The van der Waals surface area contributed by atoms with E-state index in [0.717, 1.165) is 35.2 Å². The summed E-state index contributed by atoms with van der Waals surface area (Å²) in [5.41, 5.74) is 4.29. The molecule has 0 aromatic heterocycles. The Labute approximate surface area is 156 Å². The van der Waals surface area contributed by atoms with Crippen molar-refractivity contribution in [1.82, 2.24) is 4.90 Å². The van der Waals surface area contributed by atoms with Gasteiger partial charge in [0.1, 0.15) is 5.60 Å². The van der Waals surface area contributed by atoms with Crippen LogP contribution in [-0.2, 0) is 6.42 Å². The smallest absolute Gasteiger partial charge is 0.104 e. The molecule has 3 rings (SSSR count). The van der Waals surface area contributed by atoms with Crippen molar-refractivity contribution in [3.05, 3.63) is 76.9 Å². The van der Waals surface area contributed by atoms with E-state index in [2.05, 4.69) is 49.1 Å². The number of likely N-dealkylation sites (N-methyl/N-ethyl adjacent to an activating group) is 1. The normalized spacial score (nSPS) is 24.2. The third kappa shape index (κ3) is 3.61. The summed E-state index contributed by atoms with van der Waals surface area (Å²) in [6.45, 7) is 4.92. The zero-order valence-corrected chi connectivity index (χ0v) is 15.9. The first-order valence-corrected chi connectivity index (χ1v) is 9.38. The number of benzene rings is 2. The first-order valence-electron chi connectivity index (χ1n) is 9.38. The minimum atomic E-state index is -0.997. The van der Waals surface area contributed by atoms with E-state index in [1.54, 1.807) is 0 Å². The fraction of sp³-hybridized carbons (Fsp3) is 0.391. The predicted octanol–water partition coefficient (Wildman–Crippen LogP) is 3.74. The van der Waals surface area contributed by atoms with Crippen molar-refractivity contribution in [1.29, 1.82) is 0 Å². The third-order valence-electron chi connectivity index (χ3n) is 5.55. The maximum absolute atomic E-state index is 11.5. The highest BCUT2D eigenvalue weighted by molar-refractivity contribution is 5.70. The van der Waals surface area contributed by atoms with Crippen LogP contribution in [0.25, 0.3) is 5.57 Å². The van der Waals surface area contributed by atoms with Gasteiger partial charge in [0.2, 0.25) is 0 Å². The van der Waals surface area contributed by atoms with Crippen molar-refractivity contribution in [2.75, 3.05) is 20.2 Å². The highest BCUT2D eigenvalue weighted by Gasteiger charge is 2.44. The maximum atomic E-state index is 11.5. The van der Waals surface area contributed by atoms with Gasteiger partial charge in [-0.25, -0.2) is 0 Å². The number of hydrogen-bond acceptors (Lipinski definition) is 3. The van der Waals surface area contributed by atoms with Crippen molar-refractivity contribution >= 4 is 5.57 Å². The van der Waals surface area contributed by atoms with Crippen molar-refractivity contribution in [2.45, 2.75) is 38.3 Å². The molecule has 2 aromatic carbocycles. The first kappa shape index (κ1) is 18.8. The summed E-state index contributed by atoms with van der Waals surface area (Å²) in [5, 5.41) is 21.6. The van der Waals surface area contributed by atoms with Crippen LogP contribution in [0.2, 0.25) is 0 Å². The second kappa shape index (κ2) is 7.75. The molecule has 1 aliphatic heterocycles. The summed E-state index contributed by atoms with van der Waals surface area (Å²) in [7, 11) is 2.05. The summed E-state index contributed by atoms with van der Waals surface area (Å²) < 4.78 is 0. The zero-order chi connectivity index (χ0) is 18.7. The van der Waals surface area contributed by atoms with Crippen LogP contribution < -0.4 is 0 Å². The Hall–Kier alpha value is -1.94. The molecule has 0 radical (unpaired) electrons. The minimum absolute atomic E-state index is 0.0818. The van der Waals surface area contributed by atoms with Crippen LogP contribution in [0.15, 0.2) is 54.6 Å². The third-order valence-corrected chi connectivity index (χ3v) is 5.55. The molecule has 138 valence electrons. The Morgan fingerprint density at radius 3 is 2.62 bits per heavy atom. The van der Waals surface area contributed by atoms with Crippen LogP contribution in [0.1, 0.15) is 41.6 Å². The second-order valence-corrected chi connectivity index (χ2v) is 7.37. The predicted molar refractivity (Wildman–Crippen MR) is 107 cm³/mol. The largest absolute Gasteiger partial charge is 0.392 e. The quantitative estimate of drug-likeness (QED) is 0.862. The SMILES string of the molecule is CCc1ccc(C)c(/C(=C/[C@]2(O)CCN(C)[C@H]2c2ccccc2)CO)c1. The number of aliphatic hydroxyl groups is 2. The fourth-order valence-electron chi connectivity index (χ4n) is 4.08. The number of nitrogens with zero attached hydrogens (tertiary/aromatic N) is 1. The molecule has 1 saturated heterocycles. The lowest BCUT2D eigenvalue weighted by molar-refractivity contribution is 0.0531. The number of hydrogen-bond donors (Lipinski definition) is 2. The Balaban J connectivity index is 2.05. The van der Waals surface area contributed by atoms with Gasteiger partial charge in [0, 0.05) is 6.54 Å². The molecule has 0 bridgehead atoms. The van der Waals surface area contributed by atoms with Gasteiger partial charge in [-0.2, -0.15) is 0 Å². The van der Waals surface area contributed by atoms with Gasteiger partial charge in [0.15, 0.2) is 0 Å². The molecular formula is C23H29NO2. The maximum Gasteiger partial charge on any atom is 0.104 e. The van der Waals surface area contributed by atoms with Gasteiger partial charge in [-0.3, -0.25) is 4.90 Å². The van der Waals surface area contributed by atoms with E-state index < -0.39 is 5.60 Å². The van der Waals surface area contributed by atoms with Crippen molar-refractivity contribution in [2.24, 2.45) is 0 Å². The molecule has 3 heteroatoms. The highest BCUT2D eigenvalue weighted by atomic mass is 16.3. The molecule has 0 amide bonds. The van der Waals surface area contributed by atoms with E-state index in [9.17, 15) is 10.2 Å². The van der Waals surface area contributed by atoms with E-state index in [1.165, 1.54) is 5.56 Å². The lowest BCUT2D eigenvalue weighted by atomic mass is 9.85. The monoisotopic (exact) mass is 351 g/mol. The van der Waals surface area contributed by atoms with E-state index >= 15 is 0 Å². The molecule has 0 saturated carbocycles. The molecule has 0 spiro atoms. The van der Waals surface area contributed by atoms with E-state index in [1.807, 2.05) is 31.3 Å². The van der Waals surface area contributed by atoms with Crippen molar-refractivity contribution in [3.63, 3.8) is 0 Å². The Bertz CT molecular complexity index is 784. The Kier molecular flexibility index (Phi) is 5.61. The van der Waals surface area contributed by atoms with Crippen LogP contribution in [0, 0.1) is 6.92 Å². The molecule has 0 aliphatic carbocycles. The van der Waals surface area contributed by atoms with E-state index in [-0.39, 0.29) is 12.6 Å². The van der Waals surface area contributed by atoms with Gasteiger partial charge in [-0.05, 0) is 60.7 Å². The van der Waals surface area contributed by atoms with Gasteiger partial charge in [-0.1, -0.05) is 55.5 Å². The van der Waals surface area contributed by atoms with Crippen LogP contribution in [0.5, 0.6) is 0 Å². The van der Waals surface area contributed by atoms with Crippen LogP contribution in [0.4, 0.5) is 0 Å². The first-order chi connectivity index (χ1) is 12.5. The molecule has 0 unspecified atom stereocenters. The average molecular weight is 351 g/mol. The molecule has 26 heavy (non-hydrogen) atoms. The number of likely N-dealkylation sites (tertiary alicyclic amines) is 1. The summed E-state index contributed by atoms with van der Waals surface area (Å²) in [5.74, 6) is 0. The Morgan fingerprint density at radius 1 is 1.23 bits per heavy atom. The van der Waals surface area contributed by atoms with Gasteiger partial charge < -0.3 is 10.2 Å². The molecule has 1 fully saturated rings. The molecule has 2 aromatic rings. The fourth-order valence-corrected chi connectivity index (χ4v) is 4.08. The number of aryl methyl sites for hydroxylation is 2. The molecule has 1 aliphatic rings. The number of rotatable bonds is 5. The van der Waals surface area contributed by atoms with Crippen LogP contribution >= 0.6 is 0 Å². The minimum Gasteiger partial charge on any atom is -0.392 e. The van der Waals surface area contributed by atoms with Gasteiger partial charge in [0.25, 0.3) is 0 Å². The molecule has 1 heterocycles.